The smallest absolute Gasteiger partial charge is 0.229 e. The molecule has 1 aliphatic rings. The van der Waals surface area contributed by atoms with Crippen LogP contribution in [0.2, 0.25) is 5.02 Å². The van der Waals surface area contributed by atoms with Crippen LogP contribution in [0.3, 0.4) is 0 Å². The maximum absolute atomic E-state index is 9.52. The number of aromatic nitrogens is 2. The van der Waals surface area contributed by atoms with Crippen LogP contribution in [0.1, 0.15) is 48.9 Å². The third-order valence-electron chi connectivity index (χ3n) is 3.84. The molecule has 106 valence electrons. The summed E-state index contributed by atoms with van der Waals surface area (Å²) in [7, 11) is 0. The highest BCUT2D eigenvalue weighted by atomic mass is 35.5. The van der Waals surface area contributed by atoms with E-state index in [1.807, 2.05) is 24.3 Å². The molecule has 0 amide bonds. The number of nitrogens with zero attached hydrogens (tertiary/aromatic N) is 2. The van der Waals surface area contributed by atoms with Crippen molar-refractivity contribution in [3.05, 3.63) is 46.6 Å². The molecule has 4 nitrogen and oxygen atoms in total. The summed E-state index contributed by atoms with van der Waals surface area (Å²) in [5, 5.41) is 14.3. The zero-order chi connectivity index (χ0) is 13.9. The minimum atomic E-state index is -0.170. The minimum absolute atomic E-state index is 0.170. The second-order valence-electron chi connectivity index (χ2n) is 5.32. The highest BCUT2D eigenvalue weighted by Crippen LogP contribution is 2.32. The van der Waals surface area contributed by atoms with Crippen molar-refractivity contribution in [2.45, 2.75) is 44.1 Å². The summed E-state index contributed by atoms with van der Waals surface area (Å²) in [6.45, 7) is 0. The van der Waals surface area contributed by atoms with Crippen molar-refractivity contribution in [3.63, 3.8) is 0 Å². The molecule has 0 atom stereocenters. The van der Waals surface area contributed by atoms with Gasteiger partial charge in [0.2, 0.25) is 5.89 Å². The van der Waals surface area contributed by atoms with Gasteiger partial charge >= 0.3 is 0 Å². The van der Waals surface area contributed by atoms with E-state index in [0.29, 0.717) is 18.1 Å². The van der Waals surface area contributed by atoms with Crippen molar-refractivity contribution in [1.29, 1.82) is 0 Å². The van der Waals surface area contributed by atoms with Crippen LogP contribution in [0.4, 0.5) is 0 Å². The largest absolute Gasteiger partial charge is 0.393 e. The quantitative estimate of drug-likeness (QED) is 0.942. The van der Waals surface area contributed by atoms with Crippen molar-refractivity contribution < 1.29 is 9.63 Å². The molecule has 0 aliphatic heterocycles. The highest BCUT2D eigenvalue weighted by molar-refractivity contribution is 6.31. The van der Waals surface area contributed by atoms with Crippen LogP contribution < -0.4 is 0 Å². The lowest BCUT2D eigenvalue weighted by atomic mass is 9.87. The third-order valence-corrected chi connectivity index (χ3v) is 4.20. The van der Waals surface area contributed by atoms with Gasteiger partial charge in [-0.15, -0.1) is 0 Å². The maximum atomic E-state index is 9.52. The van der Waals surface area contributed by atoms with Crippen molar-refractivity contribution in [1.82, 2.24) is 10.1 Å². The first-order valence-electron chi connectivity index (χ1n) is 6.96. The topological polar surface area (TPSA) is 59.2 Å². The standard InChI is InChI=1S/C15H17ClN2O2/c16-13-4-2-1-3-11(13)9-14-17-15(20-18-14)10-5-7-12(19)8-6-10/h1-4,10,12,19H,5-9H2. The lowest BCUT2D eigenvalue weighted by molar-refractivity contribution is 0.116. The van der Waals surface area contributed by atoms with E-state index in [1.165, 1.54) is 0 Å². The lowest BCUT2D eigenvalue weighted by Crippen LogP contribution is -2.17. The molecule has 0 bridgehead atoms. The molecule has 0 spiro atoms. The van der Waals surface area contributed by atoms with Gasteiger partial charge in [0.25, 0.3) is 0 Å². The molecule has 1 N–H and O–H groups in total. The van der Waals surface area contributed by atoms with E-state index in [4.69, 9.17) is 16.1 Å². The molecule has 1 saturated carbocycles. The Morgan fingerprint density at radius 2 is 1.95 bits per heavy atom. The Bertz CT molecular complexity index is 577. The van der Waals surface area contributed by atoms with Gasteiger partial charge in [-0.1, -0.05) is 35.0 Å². The number of aliphatic hydroxyl groups is 1. The van der Waals surface area contributed by atoms with Crippen LogP contribution in [0.25, 0.3) is 0 Å². The molecule has 1 aromatic heterocycles. The number of rotatable bonds is 3. The molecule has 1 fully saturated rings. The predicted molar refractivity (Wildman–Crippen MR) is 75.8 cm³/mol. The van der Waals surface area contributed by atoms with Crippen LogP contribution in [0, 0.1) is 0 Å². The van der Waals surface area contributed by atoms with Crippen molar-refractivity contribution in [2.24, 2.45) is 0 Å². The molecular formula is C15H17ClN2O2. The lowest BCUT2D eigenvalue weighted by Gasteiger charge is -2.22. The van der Waals surface area contributed by atoms with Gasteiger partial charge in [-0.05, 0) is 37.3 Å². The van der Waals surface area contributed by atoms with Gasteiger partial charge in [0.1, 0.15) is 0 Å². The Hall–Kier alpha value is -1.39. The first-order valence-corrected chi connectivity index (χ1v) is 7.34. The summed E-state index contributed by atoms with van der Waals surface area (Å²) in [6, 6.07) is 7.68. The molecule has 0 radical (unpaired) electrons. The van der Waals surface area contributed by atoms with E-state index in [1.54, 1.807) is 0 Å². The number of halogens is 1. The molecule has 3 rings (SSSR count). The first-order chi connectivity index (χ1) is 9.72. The average Bonchev–Trinajstić information content (AvgIpc) is 2.91. The Morgan fingerprint density at radius 3 is 2.70 bits per heavy atom. The van der Waals surface area contributed by atoms with Crippen molar-refractivity contribution in [3.8, 4) is 0 Å². The predicted octanol–water partition coefficient (Wildman–Crippen LogP) is 3.33. The summed E-state index contributed by atoms with van der Waals surface area (Å²) in [4.78, 5) is 4.48. The van der Waals surface area contributed by atoms with Crippen LogP contribution in [-0.4, -0.2) is 21.4 Å². The molecule has 0 saturated heterocycles. The van der Waals surface area contributed by atoms with Crippen molar-refractivity contribution >= 4 is 11.6 Å². The normalized spacial score (nSPS) is 22.9. The van der Waals surface area contributed by atoms with E-state index in [-0.39, 0.29) is 12.0 Å². The molecular weight excluding hydrogens is 276 g/mol. The van der Waals surface area contributed by atoms with Gasteiger partial charge < -0.3 is 9.63 Å². The van der Waals surface area contributed by atoms with Crippen LogP contribution in [-0.2, 0) is 6.42 Å². The van der Waals surface area contributed by atoms with Gasteiger partial charge in [-0.25, -0.2) is 0 Å². The van der Waals surface area contributed by atoms with E-state index in [0.717, 1.165) is 36.3 Å². The Morgan fingerprint density at radius 1 is 1.20 bits per heavy atom. The second kappa shape index (κ2) is 5.94. The molecule has 0 unspecified atom stereocenters. The van der Waals surface area contributed by atoms with Crippen LogP contribution in [0.15, 0.2) is 28.8 Å². The Balaban J connectivity index is 1.69. The van der Waals surface area contributed by atoms with Crippen LogP contribution in [0.5, 0.6) is 0 Å². The molecule has 1 aromatic carbocycles. The molecule has 5 heteroatoms. The summed E-state index contributed by atoms with van der Waals surface area (Å²) in [5.41, 5.74) is 1.00. The van der Waals surface area contributed by atoms with E-state index in [2.05, 4.69) is 10.1 Å². The van der Waals surface area contributed by atoms with Crippen LogP contribution >= 0.6 is 11.6 Å². The number of hydrogen-bond donors (Lipinski definition) is 1. The fraction of sp³-hybridized carbons (Fsp3) is 0.467. The second-order valence-corrected chi connectivity index (χ2v) is 5.73. The van der Waals surface area contributed by atoms with Gasteiger partial charge in [0.15, 0.2) is 5.82 Å². The monoisotopic (exact) mass is 292 g/mol. The van der Waals surface area contributed by atoms with Gasteiger partial charge in [0.05, 0.1) is 6.10 Å². The van der Waals surface area contributed by atoms with E-state index in [9.17, 15) is 5.11 Å². The van der Waals surface area contributed by atoms with E-state index >= 15 is 0 Å². The van der Waals surface area contributed by atoms with Gasteiger partial charge in [-0.2, -0.15) is 4.98 Å². The summed E-state index contributed by atoms with van der Waals surface area (Å²) in [6.07, 6.45) is 3.86. The summed E-state index contributed by atoms with van der Waals surface area (Å²) in [5.74, 6) is 1.64. The molecule has 20 heavy (non-hydrogen) atoms. The summed E-state index contributed by atoms with van der Waals surface area (Å²) >= 11 is 6.13. The Labute approximate surface area is 122 Å². The minimum Gasteiger partial charge on any atom is -0.393 e. The first kappa shape index (κ1) is 13.6. The molecule has 1 aliphatic carbocycles. The average molecular weight is 293 g/mol. The maximum Gasteiger partial charge on any atom is 0.229 e. The zero-order valence-electron chi connectivity index (χ0n) is 11.1. The fourth-order valence-electron chi connectivity index (χ4n) is 2.64. The number of aliphatic hydroxyl groups excluding tert-OH is 1. The van der Waals surface area contributed by atoms with E-state index < -0.39 is 0 Å². The van der Waals surface area contributed by atoms with Gasteiger partial charge in [-0.3, -0.25) is 0 Å². The fourth-order valence-corrected chi connectivity index (χ4v) is 2.84. The SMILES string of the molecule is OC1CCC(c2nc(Cc3ccccc3Cl)no2)CC1. The Kier molecular flexibility index (Phi) is 4.03. The van der Waals surface area contributed by atoms with Crippen molar-refractivity contribution in [2.75, 3.05) is 0 Å². The highest BCUT2D eigenvalue weighted by Gasteiger charge is 2.25. The zero-order valence-corrected chi connectivity index (χ0v) is 11.9. The number of benzene rings is 1. The summed E-state index contributed by atoms with van der Waals surface area (Å²) < 4.78 is 5.37. The number of hydrogen-bond acceptors (Lipinski definition) is 4. The molecule has 1 heterocycles. The third kappa shape index (κ3) is 3.02. The molecule has 2 aromatic rings. The van der Waals surface area contributed by atoms with Gasteiger partial charge in [0, 0.05) is 17.4 Å².